The predicted molar refractivity (Wildman–Crippen MR) is 70.0 cm³/mol. The van der Waals surface area contributed by atoms with Crippen molar-refractivity contribution in [3.05, 3.63) is 30.3 Å². The molecular formula is C13H18N2O4. The minimum atomic E-state index is -0.576. The van der Waals surface area contributed by atoms with Gasteiger partial charge in [-0.15, -0.1) is 0 Å². The number of benzene rings is 1. The van der Waals surface area contributed by atoms with Crippen LogP contribution in [0.1, 0.15) is 0 Å². The van der Waals surface area contributed by atoms with Crippen LogP contribution in [0.3, 0.4) is 0 Å². The van der Waals surface area contributed by atoms with Gasteiger partial charge in [-0.2, -0.15) is 0 Å². The fourth-order valence-electron chi connectivity index (χ4n) is 1.30. The van der Waals surface area contributed by atoms with Crippen LogP contribution in [-0.2, 0) is 9.53 Å². The summed E-state index contributed by atoms with van der Waals surface area (Å²) < 4.78 is 9.89. The first-order chi connectivity index (χ1) is 9.13. The number of hydrogen-bond donors (Lipinski definition) is 1. The number of carbonyl (C=O) groups is 2. The number of methoxy groups -OCH3 is 1. The molecule has 6 heteroatoms. The Hall–Kier alpha value is -2.08. The topological polar surface area (TPSA) is 67.9 Å². The molecule has 0 bridgehead atoms. The van der Waals surface area contributed by atoms with E-state index >= 15 is 0 Å². The molecule has 0 aromatic heterocycles. The molecule has 1 aromatic rings. The molecule has 1 aromatic carbocycles. The van der Waals surface area contributed by atoms with Gasteiger partial charge in [0.1, 0.15) is 12.3 Å². The van der Waals surface area contributed by atoms with Gasteiger partial charge in [0, 0.05) is 20.7 Å². The molecule has 0 atom stereocenters. The Kier molecular flexibility index (Phi) is 6.38. The van der Waals surface area contributed by atoms with Crippen LogP contribution in [0.15, 0.2) is 30.3 Å². The fourth-order valence-corrected chi connectivity index (χ4v) is 1.30. The van der Waals surface area contributed by atoms with Crippen molar-refractivity contribution in [2.24, 2.45) is 0 Å². The van der Waals surface area contributed by atoms with Crippen molar-refractivity contribution in [3.63, 3.8) is 0 Å². The zero-order valence-corrected chi connectivity index (χ0v) is 11.1. The lowest BCUT2D eigenvalue weighted by Crippen LogP contribution is -2.40. The number of ether oxygens (including phenoxy) is 2. The van der Waals surface area contributed by atoms with Crippen LogP contribution >= 0.6 is 0 Å². The molecule has 0 saturated heterocycles. The van der Waals surface area contributed by atoms with Gasteiger partial charge in [-0.05, 0) is 12.1 Å². The van der Waals surface area contributed by atoms with Gasteiger partial charge in [0.25, 0.3) is 0 Å². The number of para-hydroxylation sites is 1. The van der Waals surface area contributed by atoms with Crippen LogP contribution in [0, 0.1) is 0 Å². The highest BCUT2D eigenvalue weighted by Gasteiger charge is 2.14. The molecule has 2 amide bonds. The lowest BCUT2D eigenvalue weighted by molar-refractivity contribution is -0.121. The second kappa shape index (κ2) is 8.10. The predicted octanol–water partition coefficient (Wildman–Crippen LogP) is 0.880. The first-order valence-electron chi connectivity index (χ1n) is 5.87. The van der Waals surface area contributed by atoms with Gasteiger partial charge < -0.3 is 19.7 Å². The zero-order chi connectivity index (χ0) is 14.1. The van der Waals surface area contributed by atoms with Gasteiger partial charge in [0.2, 0.25) is 5.91 Å². The minimum absolute atomic E-state index is 0.0601. The van der Waals surface area contributed by atoms with E-state index in [-0.39, 0.29) is 12.5 Å². The number of nitrogens with one attached hydrogen (secondary N) is 1. The van der Waals surface area contributed by atoms with Crippen LogP contribution in [0.25, 0.3) is 0 Å². The van der Waals surface area contributed by atoms with Gasteiger partial charge in [-0.3, -0.25) is 4.79 Å². The number of rotatable bonds is 6. The number of amides is 2. The van der Waals surface area contributed by atoms with Crippen molar-refractivity contribution >= 4 is 12.0 Å². The van der Waals surface area contributed by atoms with Crippen LogP contribution in [0.5, 0.6) is 5.75 Å². The molecule has 6 nitrogen and oxygen atoms in total. The highest BCUT2D eigenvalue weighted by atomic mass is 16.6. The van der Waals surface area contributed by atoms with Gasteiger partial charge >= 0.3 is 6.09 Å². The third-order valence-electron chi connectivity index (χ3n) is 2.27. The van der Waals surface area contributed by atoms with E-state index in [4.69, 9.17) is 9.47 Å². The fraction of sp³-hybridized carbons (Fsp3) is 0.385. The Morgan fingerprint density at radius 3 is 2.58 bits per heavy atom. The van der Waals surface area contributed by atoms with E-state index in [0.29, 0.717) is 18.9 Å². The van der Waals surface area contributed by atoms with Crippen LogP contribution < -0.4 is 10.1 Å². The standard InChI is InChI=1S/C13H18N2O4/c1-15(10-12(16)14-8-9-18-2)13(17)19-11-6-4-3-5-7-11/h3-7H,8-10H2,1-2H3,(H,14,16). The highest BCUT2D eigenvalue weighted by Crippen LogP contribution is 2.09. The van der Waals surface area contributed by atoms with E-state index in [0.717, 1.165) is 0 Å². The van der Waals surface area contributed by atoms with Crippen molar-refractivity contribution in [2.75, 3.05) is 33.9 Å². The van der Waals surface area contributed by atoms with E-state index in [9.17, 15) is 9.59 Å². The number of nitrogens with zero attached hydrogens (tertiary/aromatic N) is 1. The van der Waals surface area contributed by atoms with Crippen LogP contribution in [0.4, 0.5) is 4.79 Å². The van der Waals surface area contributed by atoms with Gasteiger partial charge in [-0.1, -0.05) is 18.2 Å². The molecule has 0 aliphatic rings. The average molecular weight is 266 g/mol. The molecule has 0 saturated carbocycles. The number of carbonyl (C=O) groups excluding carboxylic acids is 2. The summed E-state index contributed by atoms with van der Waals surface area (Å²) in [6.07, 6.45) is -0.576. The third-order valence-corrected chi connectivity index (χ3v) is 2.27. The molecule has 0 heterocycles. The smallest absolute Gasteiger partial charge is 0.410 e. The van der Waals surface area contributed by atoms with Gasteiger partial charge in [0.15, 0.2) is 0 Å². The molecule has 104 valence electrons. The molecule has 0 radical (unpaired) electrons. The lowest BCUT2D eigenvalue weighted by Gasteiger charge is -2.16. The SMILES string of the molecule is COCCNC(=O)CN(C)C(=O)Oc1ccccc1. The monoisotopic (exact) mass is 266 g/mol. The highest BCUT2D eigenvalue weighted by molar-refractivity contribution is 5.82. The van der Waals surface area contributed by atoms with Crippen molar-refractivity contribution in [3.8, 4) is 5.75 Å². The van der Waals surface area contributed by atoms with Crippen LogP contribution in [-0.4, -0.2) is 50.8 Å². The summed E-state index contributed by atoms with van der Waals surface area (Å²) in [6, 6.07) is 8.69. The first-order valence-corrected chi connectivity index (χ1v) is 5.87. The normalized spacial score (nSPS) is 9.79. The number of likely N-dealkylation sites (N-methyl/N-ethyl adjacent to an activating group) is 1. The summed E-state index contributed by atoms with van der Waals surface area (Å²) in [5.74, 6) is 0.184. The van der Waals surface area contributed by atoms with Gasteiger partial charge in [-0.25, -0.2) is 4.79 Å². The largest absolute Gasteiger partial charge is 0.415 e. The van der Waals surface area contributed by atoms with Crippen molar-refractivity contribution in [1.82, 2.24) is 10.2 Å². The van der Waals surface area contributed by atoms with E-state index in [1.807, 2.05) is 6.07 Å². The minimum Gasteiger partial charge on any atom is -0.410 e. The molecule has 0 aliphatic carbocycles. The summed E-state index contributed by atoms with van der Waals surface area (Å²) in [5.41, 5.74) is 0. The average Bonchev–Trinajstić information content (AvgIpc) is 2.40. The number of hydrogen-bond acceptors (Lipinski definition) is 4. The molecule has 0 spiro atoms. The molecule has 1 N–H and O–H groups in total. The summed E-state index contributed by atoms with van der Waals surface area (Å²) in [5, 5.41) is 2.62. The first kappa shape index (κ1) is 15.0. The maximum absolute atomic E-state index is 11.7. The van der Waals surface area contributed by atoms with Crippen molar-refractivity contribution in [1.29, 1.82) is 0 Å². The lowest BCUT2D eigenvalue weighted by atomic mass is 10.3. The second-order valence-electron chi connectivity index (χ2n) is 3.88. The van der Waals surface area contributed by atoms with Crippen molar-refractivity contribution in [2.45, 2.75) is 0 Å². The van der Waals surface area contributed by atoms with Crippen LogP contribution in [0.2, 0.25) is 0 Å². The summed E-state index contributed by atoms with van der Waals surface area (Å²) in [4.78, 5) is 24.3. The van der Waals surface area contributed by atoms with E-state index in [1.54, 1.807) is 31.4 Å². The third kappa shape index (κ3) is 5.87. The second-order valence-corrected chi connectivity index (χ2v) is 3.88. The summed E-state index contributed by atoms with van der Waals surface area (Å²) in [6.45, 7) is 0.788. The Morgan fingerprint density at radius 1 is 1.26 bits per heavy atom. The summed E-state index contributed by atoms with van der Waals surface area (Å²) >= 11 is 0. The van der Waals surface area contributed by atoms with Crippen molar-refractivity contribution < 1.29 is 19.1 Å². The zero-order valence-electron chi connectivity index (χ0n) is 11.1. The van der Waals surface area contributed by atoms with Gasteiger partial charge in [0.05, 0.1) is 6.61 Å². The molecule has 1 rings (SSSR count). The Labute approximate surface area is 112 Å². The molecule has 0 aliphatic heterocycles. The Bertz CT molecular complexity index is 408. The Morgan fingerprint density at radius 2 is 1.95 bits per heavy atom. The molecule has 19 heavy (non-hydrogen) atoms. The van der Waals surface area contributed by atoms with E-state index in [2.05, 4.69) is 5.32 Å². The molecular weight excluding hydrogens is 248 g/mol. The summed E-state index contributed by atoms with van der Waals surface area (Å²) in [7, 11) is 3.05. The van der Waals surface area contributed by atoms with E-state index in [1.165, 1.54) is 11.9 Å². The maximum Gasteiger partial charge on any atom is 0.415 e. The van der Waals surface area contributed by atoms with E-state index < -0.39 is 6.09 Å². The Balaban J connectivity index is 2.34. The maximum atomic E-state index is 11.7. The molecule has 0 unspecified atom stereocenters. The quantitative estimate of drug-likeness (QED) is 0.776. The molecule has 0 fully saturated rings.